The molecule has 3 aromatic rings. The van der Waals surface area contributed by atoms with E-state index in [-0.39, 0.29) is 11.3 Å². The summed E-state index contributed by atoms with van der Waals surface area (Å²) in [5, 5.41) is 3.00. The third-order valence-electron chi connectivity index (χ3n) is 4.46. The van der Waals surface area contributed by atoms with Crippen molar-refractivity contribution < 1.29 is 4.79 Å². The second-order valence-corrected chi connectivity index (χ2v) is 7.83. The van der Waals surface area contributed by atoms with Gasteiger partial charge in [-0.3, -0.25) is 4.79 Å². The highest BCUT2D eigenvalue weighted by Gasteiger charge is 2.19. The smallest absolute Gasteiger partial charge is 0.274 e. The highest BCUT2D eigenvalue weighted by atomic mass is 16.1. The molecule has 0 radical (unpaired) electrons. The fourth-order valence-electron chi connectivity index (χ4n) is 3.02. The maximum atomic E-state index is 12.8. The molecule has 1 aromatic heterocycles. The third-order valence-corrected chi connectivity index (χ3v) is 4.46. The second-order valence-electron chi connectivity index (χ2n) is 7.83. The minimum atomic E-state index is -0.242. The van der Waals surface area contributed by atoms with Gasteiger partial charge < -0.3 is 10.2 Å². The van der Waals surface area contributed by atoms with Crippen molar-refractivity contribution in [3.63, 3.8) is 0 Å². The second kappa shape index (κ2) is 8.21. The largest absolute Gasteiger partial charge is 0.340 e. The first-order valence-corrected chi connectivity index (χ1v) is 9.33. The van der Waals surface area contributed by atoms with Crippen molar-refractivity contribution in [2.75, 3.05) is 17.3 Å². The van der Waals surface area contributed by atoms with Crippen LogP contribution < -0.4 is 10.2 Å². The summed E-state index contributed by atoms with van der Waals surface area (Å²) < 4.78 is 0. The Bertz CT molecular complexity index is 948. The first kappa shape index (κ1) is 19.5. The Kier molecular flexibility index (Phi) is 5.73. The number of carbonyl (C=O) groups excluding carboxylic acids is 1. The van der Waals surface area contributed by atoms with Crippen LogP contribution in [0.1, 0.15) is 42.4 Å². The zero-order chi connectivity index (χ0) is 20.1. The summed E-state index contributed by atoms with van der Waals surface area (Å²) in [5.74, 6) is 0.272. The van der Waals surface area contributed by atoms with E-state index in [1.807, 2.05) is 54.4 Å². The summed E-state index contributed by atoms with van der Waals surface area (Å²) in [5.41, 5.74) is 3.31. The average molecular weight is 374 g/mol. The van der Waals surface area contributed by atoms with Crippen LogP contribution >= 0.6 is 0 Å². The molecule has 1 heterocycles. The predicted octanol–water partition coefficient (Wildman–Crippen LogP) is 4.66. The molecular weight excluding hydrogens is 348 g/mol. The number of amides is 1. The molecule has 0 bridgehead atoms. The van der Waals surface area contributed by atoms with Gasteiger partial charge >= 0.3 is 0 Å². The van der Waals surface area contributed by atoms with Crippen LogP contribution in [0.4, 0.5) is 11.6 Å². The normalized spacial score (nSPS) is 11.1. The molecule has 2 aromatic carbocycles. The molecule has 5 nitrogen and oxygen atoms in total. The molecule has 5 heteroatoms. The number of hydrogen-bond acceptors (Lipinski definition) is 4. The Labute approximate surface area is 166 Å². The van der Waals surface area contributed by atoms with Gasteiger partial charge in [0.1, 0.15) is 5.69 Å². The molecule has 0 aliphatic heterocycles. The van der Waals surface area contributed by atoms with Gasteiger partial charge in [-0.1, -0.05) is 69.3 Å². The van der Waals surface area contributed by atoms with Gasteiger partial charge in [-0.05, 0) is 28.7 Å². The van der Waals surface area contributed by atoms with Crippen molar-refractivity contribution in [2.24, 2.45) is 0 Å². The van der Waals surface area contributed by atoms with Crippen molar-refractivity contribution in [3.05, 3.63) is 83.7 Å². The molecular formula is C23H26N4O. The number of aromatic nitrogens is 2. The lowest BCUT2D eigenvalue weighted by Crippen LogP contribution is -2.22. The standard InChI is InChI=1S/C23H26N4O/c1-23(2,3)18-12-8-9-13-19(18)25-21(28)20-14-15-24-22(26-20)27(4)16-17-10-6-5-7-11-17/h5-15H,16H2,1-4H3,(H,25,28). The molecule has 0 fully saturated rings. The first-order chi connectivity index (χ1) is 13.3. The summed E-state index contributed by atoms with van der Waals surface area (Å²) >= 11 is 0. The van der Waals surface area contributed by atoms with E-state index in [4.69, 9.17) is 0 Å². The van der Waals surface area contributed by atoms with Crippen molar-refractivity contribution in [2.45, 2.75) is 32.7 Å². The fourth-order valence-corrected chi connectivity index (χ4v) is 3.02. The van der Waals surface area contributed by atoms with Crippen LogP contribution in [-0.2, 0) is 12.0 Å². The van der Waals surface area contributed by atoms with E-state index in [1.165, 1.54) is 0 Å². The van der Waals surface area contributed by atoms with Crippen LogP contribution in [0.15, 0.2) is 66.9 Å². The number of hydrogen-bond donors (Lipinski definition) is 1. The molecule has 0 unspecified atom stereocenters. The van der Waals surface area contributed by atoms with E-state index in [1.54, 1.807) is 12.3 Å². The number of benzene rings is 2. The molecule has 0 atom stereocenters. The molecule has 1 amide bonds. The van der Waals surface area contributed by atoms with Crippen molar-refractivity contribution >= 4 is 17.5 Å². The third kappa shape index (κ3) is 4.74. The highest BCUT2D eigenvalue weighted by molar-refractivity contribution is 6.03. The topological polar surface area (TPSA) is 58.1 Å². The van der Waals surface area contributed by atoms with Crippen LogP contribution in [0.25, 0.3) is 0 Å². The molecule has 0 saturated carbocycles. The zero-order valence-corrected chi connectivity index (χ0v) is 16.8. The molecule has 1 N–H and O–H groups in total. The Balaban J connectivity index is 1.78. The molecule has 3 rings (SSSR count). The van der Waals surface area contributed by atoms with E-state index in [9.17, 15) is 4.79 Å². The van der Waals surface area contributed by atoms with E-state index in [0.717, 1.165) is 16.8 Å². The lowest BCUT2D eigenvalue weighted by Gasteiger charge is -2.23. The summed E-state index contributed by atoms with van der Waals surface area (Å²) in [4.78, 5) is 23.5. The Morgan fingerprint density at radius 1 is 1.00 bits per heavy atom. The average Bonchev–Trinajstić information content (AvgIpc) is 2.68. The van der Waals surface area contributed by atoms with Gasteiger partial charge in [-0.15, -0.1) is 0 Å². The van der Waals surface area contributed by atoms with E-state index >= 15 is 0 Å². The SMILES string of the molecule is CN(Cc1ccccc1)c1nccc(C(=O)Nc2ccccc2C(C)(C)C)n1. The van der Waals surface area contributed by atoms with Crippen LogP contribution in [0, 0.1) is 0 Å². The lowest BCUT2D eigenvalue weighted by atomic mass is 9.86. The van der Waals surface area contributed by atoms with Crippen molar-refractivity contribution in [3.8, 4) is 0 Å². The van der Waals surface area contributed by atoms with Gasteiger partial charge in [0, 0.05) is 25.5 Å². The van der Waals surface area contributed by atoms with Gasteiger partial charge in [-0.2, -0.15) is 0 Å². The minimum absolute atomic E-state index is 0.0728. The van der Waals surface area contributed by atoms with Gasteiger partial charge in [0.05, 0.1) is 0 Å². The number of nitrogens with zero attached hydrogens (tertiary/aromatic N) is 3. The Morgan fingerprint density at radius 3 is 2.39 bits per heavy atom. The quantitative estimate of drug-likeness (QED) is 0.705. The molecule has 144 valence electrons. The lowest BCUT2D eigenvalue weighted by molar-refractivity contribution is 0.102. The minimum Gasteiger partial charge on any atom is -0.340 e. The van der Waals surface area contributed by atoms with Crippen LogP contribution in [0.2, 0.25) is 0 Å². The Hall–Kier alpha value is -3.21. The van der Waals surface area contributed by atoms with Crippen LogP contribution in [0.3, 0.4) is 0 Å². The maximum Gasteiger partial charge on any atom is 0.274 e. The van der Waals surface area contributed by atoms with Gasteiger partial charge in [-0.25, -0.2) is 9.97 Å². The van der Waals surface area contributed by atoms with E-state index in [0.29, 0.717) is 18.2 Å². The fraction of sp³-hybridized carbons (Fsp3) is 0.261. The molecule has 28 heavy (non-hydrogen) atoms. The predicted molar refractivity (Wildman–Crippen MR) is 114 cm³/mol. The van der Waals surface area contributed by atoms with Crippen LogP contribution in [-0.4, -0.2) is 22.9 Å². The van der Waals surface area contributed by atoms with Crippen molar-refractivity contribution in [1.29, 1.82) is 0 Å². The summed E-state index contributed by atoms with van der Waals surface area (Å²) in [6.07, 6.45) is 1.62. The van der Waals surface area contributed by atoms with Gasteiger partial charge in [0.2, 0.25) is 5.95 Å². The maximum absolute atomic E-state index is 12.8. The number of para-hydroxylation sites is 1. The molecule has 0 aliphatic rings. The van der Waals surface area contributed by atoms with Crippen molar-refractivity contribution in [1.82, 2.24) is 9.97 Å². The number of nitrogens with one attached hydrogen (secondary N) is 1. The van der Waals surface area contributed by atoms with Gasteiger partial charge in [0.25, 0.3) is 5.91 Å². The monoisotopic (exact) mass is 374 g/mol. The molecule has 0 spiro atoms. The van der Waals surface area contributed by atoms with Crippen LogP contribution in [0.5, 0.6) is 0 Å². The highest BCUT2D eigenvalue weighted by Crippen LogP contribution is 2.29. The zero-order valence-electron chi connectivity index (χ0n) is 16.8. The number of carbonyl (C=O) groups is 1. The van der Waals surface area contributed by atoms with Gasteiger partial charge in [0.15, 0.2) is 0 Å². The summed E-state index contributed by atoms with van der Waals surface area (Å²) in [6, 6.07) is 19.6. The molecule has 0 aliphatic carbocycles. The van der Waals surface area contributed by atoms with E-state index < -0.39 is 0 Å². The summed E-state index contributed by atoms with van der Waals surface area (Å²) in [6.45, 7) is 7.04. The molecule has 0 saturated heterocycles. The number of anilines is 2. The Morgan fingerprint density at radius 2 is 1.68 bits per heavy atom. The first-order valence-electron chi connectivity index (χ1n) is 9.33. The number of rotatable bonds is 5. The summed E-state index contributed by atoms with van der Waals surface area (Å²) in [7, 11) is 1.92. The van der Waals surface area contributed by atoms with E-state index in [2.05, 4.69) is 48.2 Å².